The predicted octanol–water partition coefficient (Wildman–Crippen LogP) is 5.95. The van der Waals surface area contributed by atoms with Crippen molar-refractivity contribution in [3.8, 4) is 17.0 Å². The van der Waals surface area contributed by atoms with Crippen LogP contribution in [-0.4, -0.2) is 38.9 Å². The maximum absolute atomic E-state index is 12.2. The van der Waals surface area contributed by atoms with E-state index in [1.807, 2.05) is 71.4 Å². The normalized spacial score (nSPS) is 12.0. The Morgan fingerprint density at radius 2 is 1.75 bits per heavy atom. The van der Waals surface area contributed by atoms with Crippen LogP contribution in [0.4, 0.5) is 5.69 Å². The first-order valence-corrected chi connectivity index (χ1v) is 12.2. The molecule has 0 radical (unpaired) electrons. The number of nitrogens with zero attached hydrogens (tertiary/aromatic N) is 2. The minimum atomic E-state index is -0.882. The van der Waals surface area contributed by atoms with E-state index >= 15 is 0 Å². The summed E-state index contributed by atoms with van der Waals surface area (Å²) in [6, 6.07) is 21.3. The number of pyridine rings is 1. The third-order valence-electron chi connectivity index (χ3n) is 6.10. The molecule has 0 amide bonds. The molecule has 4 rings (SSSR count). The molecule has 0 spiro atoms. The zero-order valence-electron chi connectivity index (χ0n) is 20.6. The molecule has 7 nitrogen and oxygen atoms in total. The molecule has 186 valence electrons. The third kappa shape index (κ3) is 6.50. The summed E-state index contributed by atoms with van der Waals surface area (Å²) in [5.74, 6) is 0.183. The van der Waals surface area contributed by atoms with Crippen LogP contribution in [0.2, 0.25) is 0 Å². The summed E-state index contributed by atoms with van der Waals surface area (Å²) >= 11 is 0. The molecule has 2 heterocycles. The summed E-state index contributed by atoms with van der Waals surface area (Å²) in [6.45, 7) is 4.75. The van der Waals surface area contributed by atoms with Crippen molar-refractivity contribution in [2.75, 3.05) is 11.9 Å². The number of carbonyl (C=O) groups excluding carboxylic acids is 1. The Labute approximate surface area is 210 Å². The number of rotatable bonds is 12. The van der Waals surface area contributed by atoms with Gasteiger partial charge >= 0.3 is 5.97 Å². The largest absolute Gasteiger partial charge is 0.491 e. The van der Waals surface area contributed by atoms with E-state index in [0.29, 0.717) is 24.5 Å². The highest BCUT2D eigenvalue weighted by Crippen LogP contribution is 2.23. The lowest BCUT2D eigenvalue weighted by atomic mass is 10.0. The number of hydrogen-bond donors (Lipinski definition) is 2. The standard InChI is InChI=1S/C29H31N3O4/c1-20(2)26(30-23-13-9-22(10-14-23)27(33)6-5-8-29(34)35)19-36-24-15-11-21(12-16-24)25-18-32-17-4-3-7-28(32)31-25/h3-4,7,9-18,20,26,30H,5-6,8,19H2,1-2H3,(H,34,35)/t26-/m1/s1. The topological polar surface area (TPSA) is 92.9 Å². The molecular weight excluding hydrogens is 454 g/mol. The Hall–Kier alpha value is -4.13. The van der Waals surface area contributed by atoms with Gasteiger partial charge in [0.2, 0.25) is 0 Å². The van der Waals surface area contributed by atoms with Crippen molar-refractivity contribution in [1.82, 2.24) is 9.38 Å². The molecule has 0 saturated carbocycles. The van der Waals surface area contributed by atoms with Gasteiger partial charge in [0.15, 0.2) is 5.78 Å². The van der Waals surface area contributed by atoms with E-state index in [1.165, 1.54) is 0 Å². The van der Waals surface area contributed by atoms with Crippen molar-refractivity contribution >= 4 is 23.1 Å². The zero-order valence-corrected chi connectivity index (χ0v) is 20.6. The highest BCUT2D eigenvalue weighted by atomic mass is 16.5. The van der Waals surface area contributed by atoms with Crippen LogP contribution < -0.4 is 10.1 Å². The lowest BCUT2D eigenvalue weighted by molar-refractivity contribution is -0.137. The maximum Gasteiger partial charge on any atom is 0.303 e. The van der Waals surface area contributed by atoms with Gasteiger partial charge in [0.05, 0.1) is 11.7 Å². The predicted molar refractivity (Wildman–Crippen MR) is 141 cm³/mol. The molecule has 1 atom stereocenters. The number of ether oxygens (including phenoxy) is 1. The molecule has 0 aliphatic carbocycles. The highest BCUT2D eigenvalue weighted by Gasteiger charge is 2.15. The number of carboxylic acid groups (broad SMARTS) is 1. The molecule has 0 bridgehead atoms. The number of aromatic nitrogens is 2. The molecule has 7 heteroatoms. The summed E-state index contributed by atoms with van der Waals surface area (Å²) in [6.07, 6.45) is 4.58. The minimum Gasteiger partial charge on any atom is -0.491 e. The Bertz CT molecular complexity index is 1280. The third-order valence-corrected chi connectivity index (χ3v) is 6.10. The van der Waals surface area contributed by atoms with Gasteiger partial charge in [0, 0.05) is 42.0 Å². The van der Waals surface area contributed by atoms with Crippen LogP contribution in [0.25, 0.3) is 16.9 Å². The first-order chi connectivity index (χ1) is 17.4. The number of nitrogens with one attached hydrogen (secondary N) is 1. The second-order valence-corrected chi connectivity index (χ2v) is 9.17. The Balaban J connectivity index is 1.32. The van der Waals surface area contributed by atoms with Gasteiger partial charge in [-0.05, 0) is 73.0 Å². The molecule has 0 saturated heterocycles. The fourth-order valence-corrected chi connectivity index (χ4v) is 3.89. The summed E-state index contributed by atoms with van der Waals surface area (Å²) in [7, 11) is 0. The fourth-order valence-electron chi connectivity index (χ4n) is 3.89. The second-order valence-electron chi connectivity index (χ2n) is 9.17. The maximum atomic E-state index is 12.2. The number of aliphatic carboxylic acids is 1. The quantitative estimate of drug-likeness (QED) is 0.241. The number of hydrogen-bond acceptors (Lipinski definition) is 5. The molecule has 2 aromatic heterocycles. The lowest BCUT2D eigenvalue weighted by Gasteiger charge is -2.24. The lowest BCUT2D eigenvalue weighted by Crippen LogP contribution is -2.32. The molecule has 2 aromatic carbocycles. The molecule has 4 aromatic rings. The van der Waals surface area contributed by atoms with Gasteiger partial charge in [-0.1, -0.05) is 19.9 Å². The summed E-state index contributed by atoms with van der Waals surface area (Å²) in [4.78, 5) is 27.5. The average molecular weight is 486 g/mol. The Morgan fingerprint density at radius 3 is 2.42 bits per heavy atom. The van der Waals surface area contributed by atoms with Gasteiger partial charge in [-0.25, -0.2) is 4.98 Å². The van der Waals surface area contributed by atoms with Gasteiger partial charge in [0.25, 0.3) is 0 Å². The monoisotopic (exact) mass is 485 g/mol. The number of anilines is 1. The van der Waals surface area contributed by atoms with Crippen molar-refractivity contribution in [2.45, 2.75) is 39.2 Å². The van der Waals surface area contributed by atoms with Crippen LogP contribution in [0, 0.1) is 5.92 Å². The van der Waals surface area contributed by atoms with E-state index < -0.39 is 5.97 Å². The summed E-state index contributed by atoms with van der Waals surface area (Å²) in [5, 5.41) is 12.2. The van der Waals surface area contributed by atoms with Crippen molar-refractivity contribution in [2.24, 2.45) is 5.92 Å². The van der Waals surface area contributed by atoms with Gasteiger partial charge in [-0.3, -0.25) is 9.59 Å². The van der Waals surface area contributed by atoms with Crippen LogP contribution in [-0.2, 0) is 4.79 Å². The van der Waals surface area contributed by atoms with E-state index in [4.69, 9.17) is 9.84 Å². The van der Waals surface area contributed by atoms with E-state index in [0.717, 1.165) is 28.3 Å². The van der Waals surface area contributed by atoms with E-state index in [1.54, 1.807) is 12.1 Å². The van der Waals surface area contributed by atoms with E-state index in [-0.39, 0.29) is 24.7 Å². The van der Waals surface area contributed by atoms with Crippen molar-refractivity contribution in [1.29, 1.82) is 0 Å². The number of imidazole rings is 1. The van der Waals surface area contributed by atoms with Crippen molar-refractivity contribution < 1.29 is 19.4 Å². The summed E-state index contributed by atoms with van der Waals surface area (Å²) in [5.41, 5.74) is 4.35. The number of carboxylic acids is 1. The van der Waals surface area contributed by atoms with Crippen LogP contribution in [0.5, 0.6) is 5.75 Å². The molecule has 0 aliphatic rings. The molecule has 2 N–H and O–H groups in total. The Kier molecular flexibility index (Phi) is 8.00. The molecule has 0 fully saturated rings. The number of Topliss-reactive ketones (excluding diaryl/α,β-unsaturated/α-hetero) is 1. The molecule has 0 aliphatic heterocycles. The smallest absolute Gasteiger partial charge is 0.303 e. The second kappa shape index (κ2) is 11.5. The SMILES string of the molecule is CC(C)[C@@H](COc1ccc(-c2cn3ccccc3n2)cc1)Nc1ccc(C(=O)CCCC(=O)O)cc1. The highest BCUT2D eigenvalue weighted by molar-refractivity contribution is 5.96. The van der Waals surface area contributed by atoms with Gasteiger partial charge in [-0.2, -0.15) is 0 Å². The summed E-state index contributed by atoms with van der Waals surface area (Å²) < 4.78 is 8.09. The van der Waals surface area contributed by atoms with Gasteiger partial charge < -0.3 is 19.6 Å². The first kappa shape index (κ1) is 25.0. The number of ketones is 1. The molecular formula is C29H31N3O4. The average Bonchev–Trinajstić information content (AvgIpc) is 3.31. The van der Waals surface area contributed by atoms with Crippen LogP contribution in [0.1, 0.15) is 43.5 Å². The molecule has 36 heavy (non-hydrogen) atoms. The fraction of sp³-hybridized carbons (Fsp3) is 0.276. The van der Waals surface area contributed by atoms with E-state index in [9.17, 15) is 9.59 Å². The van der Waals surface area contributed by atoms with Crippen molar-refractivity contribution in [3.63, 3.8) is 0 Å². The molecule has 0 unspecified atom stereocenters. The number of benzene rings is 2. The van der Waals surface area contributed by atoms with Gasteiger partial charge in [-0.15, -0.1) is 0 Å². The number of carbonyl (C=O) groups is 2. The first-order valence-electron chi connectivity index (χ1n) is 12.2. The van der Waals surface area contributed by atoms with Crippen molar-refractivity contribution in [3.05, 3.63) is 84.7 Å². The van der Waals surface area contributed by atoms with Crippen LogP contribution in [0.3, 0.4) is 0 Å². The van der Waals surface area contributed by atoms with Crippen LogP contribution >= 0.6 is 0 Å². The number of fused-ring (bicyclic) bond motifs is 1. The van der Waals surface area contributed by atoms with E-state index in [2.05, 4.69) is 24.1 Å². The Morgan fingerprint density at radius 1 is 1.00 bits per heavy atom. The van der Waals surface area contributed by atoms with Crippen LogP contribution in [0.15, 0.2) is 79.1 Å². The van der Waals surface area contributed by atoms with Gasteiger partial charge in [0.1, 0.15) is 18.0 Å². The zero-order chi connectivity index (χ0) is 25.5. The minimum absolute atomic E-state index is 0.00467.